The molecule has 4 aliphatic rings. The zero-order chi connectivity index (χ0) is 53.6. The van der Waals surface area contributed by atoms with Gasteiger partial charge in [0, 0.05) is 41.7 Å². The molecule has 7 rings (SSSR count). The summed E-state index contributed by atoms with van der Waals surface area (Å²) >= 11 is 0. The first-order valence-electron chi connectivity index (χ1n) is 28.8. The van der Waals surface area contributed by atoms with Gasteiger partial charge in [0.25, 0.3) is 0 Å². The maximum atomic E-state index is 13.9. The zero-order valence-electron chi connectivity index (χ0n) is 45.7. The van der Waals surface area contributed by atoms with E-state index in [0.717, 1.165) is 96.8 Å². The highest BCUT2D eigenvalue weighted by Gasteiger charge is 2.42. The van der Waals surface area contributed by atoms with E-state index in [1.54, 1.807) is 24.3 Å². The maximum absolute atomic E-state index is 13.9. The molecule has 3 aromatic carbocycles. The Kier molecular flexibility index (Phi) is 22.2. The lowest BCUT2D eigenvalue weighted by molar-refractivity contribution is -0.138. The molecule has 0 heterocycles. The van der Waals surface area contributed by atoms with Gasteiger partial charge in [-0.2, -0.15) is 0 Å². The van der Waals surface area contributed by atoms with E-state index in [-0.39, 0.29) is 13.2 Å². The van der Waals surface area contributed by atoms with Crippen LogP contribution in [0.2, 0.25) is 0 Å². The van der Waals surface area contributed by atoms with Crippen LogP contribution < -0.4 is 9.47 Å². The number of carbonyl (C=O) groups is 3. The number of rotatable bonds is 23. The highest BCUT2D eigenvalue weighted by Crippen LogP contribution is 2.47. The Morgan fingerprint density at radius 2 is 0.895 bits per heavy atom. The van der Waals surface area contributed by atoms with Gasteiger partial charge >= 0.3 is 17.9 Å². The summed E-state index contributed by atoms with van der Waals surface area (Å²) in [5.41, 5.74) is 1.47. The molecule has 4 fully saturated rings. The lowest BCUT2D eigenvalue weighted by Gasteiger charge is -2.41. The molecular formula is C67H84O9. The van der Waals surface area contributed by atoms with Gasteiger partial charge in [-0.15, -0.1) is 0 Å². The topological polar surface area (TPSA) is 107 Å². The van der Waals surface area contributed by atoms with Gasteiger partial charge in [0.05, 0.1) is 32.0 Å². The minimum absolute atomic E-state index is 0.239. The largest absolute Gasteiger partial charge is 0.493 e. The third kappa shape index (κ3) is 17.4. The summed E-state index contributed by atoms with van der Waals surface area (Å²) in [6, 6.07) is 22.9. The van der Waals surface area contributed by atoms with Crippen molar-refractivity contribution >= 4 is 23.7 Å². The molecule has 0 aromatic heterocycles. The summed E-state index contributed by atoms with van der Waals surface area (Å²) in [4.78, 5) is 36.6. The van der Waals surface area contributed by atoms with Crippen LogP contribution in [-0.2, 0) is 28.5 Å². The zero-order valence-corrected chi connectivity index (χ0v) is 45.7. The first-order chi connectivity index (χ1) is 37.0. The summed E-state index contributed by atoms with van der Waals surface area (Å²) in [7, 11) is 0. The van der Waals surface area contributed by atoms with Gasteiger partial charge in [0.1, 0.15) is 17.3 Å². The molecular weight excluding hydrogens is 949 g/mol. The van der Waals surface area contributed by atoms with Crippen molar-refractivity contribution in [1.82, 2.24) is 0 Å². The van der Waals surface area contributed by atoms with E-state index in [4.69, 9.17) is 28.4 Å². The Bertz CT molecular complexity index is 2290. The van der Waals surface area contributed by atoms with Gasteiger partial charge in [0.2, 0.25) is 0 Å². The Balaban J connectivity index is 1.03. The summed E-state index contributed by atoms with van der Waals surface area (Å²) in [5.74, 6) is 19.3. The van der Waals surface area contributed by atoms with E-state index in [0.29, 0.717) is 67.8 Å². The van der Waals surface area contributed by atoms with Crippen molar-refractivity contribution in [2.75, 3.05) is 26.4 Å². The van der Waals surface area contributed by atoms with Crippen molar-refractivity contribution < 1.29 is 42.8 Å². The lowest BCUT2D eigenvalue weighted by atomic mass is 9.67. The molecule has 3 aromatic rings. The van der Waals surface area contributed by atoms with Crippen molar-refractivity contribution in [3.63, 3.8) is 0 Å². The molecule has 0 amide bonds. The Labute approximate surface area is 454 Å². The number of carbonyl (C=O) groups excluding carboxylic acids is 3. The Morgan fingerprint density at radius 1 is 0.513 bits per heavy atom. The van der Waals surface area contributed by atoms with Crippen molar-refractivity contribution in [1.29, 1.82) is 0 Å². The number of ether oxygens (including phenoxy) is 6. The minimum atomic E-state index is -0.903. The third-order valence-electron chi connectivity index (χ3n) is 16.7. The summed E-state index contributed by atoms with van der Waals surface area (Å²) in [6.45, 7) is 17.2. The van der Waals surface area contributed by atoms with Gasteiger partial charge in [-0.3, -0.25) is 0 Å². The predicted molar refractivity (Wildman–Crippen MR) is 301 cm³/mol. The van der Waals surface area contributed by atoms with Crippen LogP contribution in [0.3, 0.4) is 0 Å². The van der Waals surface area contributed by atoms with Gasteiger partial charge in [-0.05, 0) is 191 Å². The third-order valence-corrected chi connectivity index (χ3v) is 16.7. The molecule has 76 heavy (non-hydrogen) atoms. The van der Waals surface area contributed by atoms with Crippen LogP contribution in [-0.4, -0.2) is 55.5 Å². The van der Waals surface area contributed by atoms with Crippen LogP contribution in [0, 0.1) is 59.2 Å². The minimum Gasteiger partial charge on any atom is -0.493 e. The summed E-state index contributed by atoms with van der Waals surface area (Å²) in [6.07, 6.45) is 26.5. The molecule has 9 heteroatoms. The SMILES string of the molecule is C=CC(=O)OCCCOc1ccc(C(=C)OC2(C#Cc3ccc(C#CC4(OC(=O)c5ccc(OCCCOC(=O)C=C)cc5)CCC(C5CCC(CCC)CC5)CC4)cc3)CCC(C3CCC(CCC)CC3)CC2)cc1. The second kappa shape index (κ2) is 29.4. The smallest absolute Gasteiger partial charge is 0.339 e. The molecule has 0 saturated heterocycles. The van der Waals surface area contributed by atoms with Crippen LogP contribution in [0.25, 0.3) is 5.76 Å². The summed E-state index contributed by atoms with van der Waals surface area (Å²) in [5, 5.41) is 0. The van der Waals surface area contributed by atoms with E-state index in [2.05, 4.69) is 57.3 Å². The Hall–Kier alpha value is -6.19. The lowest BCUT2D eigenvalue weighted by Crippen LogP contribution is -2.39. The van der Waals surface area contributed by atoms with Crippen LogP contribution >= 0.6 is 0 Å². The Morgan fingerprint density at radius 3 is 1.29 bits per heavy atom. The molecule has 406 valence electrons. The van der Waals surface area contributed by atoms with Gasteiger partial charge in [0.15, 0.2) is 11.2 Å². The molecule has 0 atom stereocenters. The number of esters is 3. The van der Waals surface area contributed by atoms with Gasteiger partial charge in [-0.1, -0.05) is 103 Å². The fourth-order valence-electron chi connectivity index (χ4n) is 12.3. The van der Waals surface area contributed by atoms with Crippen LogP contribution in [0.4, 0.5) is 0 Å². The van der Waals surface area contributed by atoms with Crippen LogP contribution in [0.5, 0.6) is 11.5 Å². The maximum Gasteiger partial charge on any atom is 0.339 e. The quantitative estimate of drug-likeness (QED) is 0.0229. The van der Waals surface area contributed by atoms with Crippen molar-refractivity contribution in [2.24, 2.45) is 35.5 Å². The fraction of sp³-hybridized carbons (Fsp3) is 0.537. The molecule has 4 aliphatic carbocycles. The van der Waals surface area contributed by atoms with E-state index < -0.39 is 29.1 Å². The molecule has 0 radical (unpaired) electrons. The van der Waals surface area contributed by atoms with Crippen LogP contribution in [0.1, 0.15) is 182 Å². The number of benzene rings is 3. The van der Waals surface area contributed by atoms with Gasteiger partial charge < -0.3 is 28.4 Å². The fourth-order valence-corrected chi connectivity index (χ4v) is 12.3. The standard InChI is InChI=1S/C67H84O9/c1-6-12-51-18-22-56(23-19-51)58-36-42-66(43-37-58,75-50(5)55-26-30-61(31-27-55)71-46-10-48-73-63(68)8-3)40-34-53-14-16-54(17-15-53)35-41-67(44-38-59(39-45-67)57-24-20-52(13-7-2)21-25-57)76-65(70)60-28-32-62(33-29-60)72-47-11-49-74-64(69)9-4/h8-9,14-17,26-33,51-52,56-59H,3-7,10-13,18-25,36-39,42-49H2,1-2H3. The monoisotopic (exact) mass is 1030 g/mol. The predicted octanol–water partition coefficient (Wildman–Crippen LogP) is 15.0. The average molecular weight is 1030 g/mol. The van der Waals surface area contributed by atoms with Crippen LogP contribution in [0.15, 0.2) is 105 Å². The molecule has 0 aliphatic heterocycles. The van der Waals surface area contributed by atoms with E-state index in [1.807, 2.05) is 48.5 Å². The van der Waals surface area contributed by atoms with E-state index in [9.17, 15) is 14.4 Å². The number of hydrogen-bond acceptors (Lipinski definition) is 9. The average Bonchev–Trinajstić information content (AvgIpc) is 3.45. The molecule has 9 nitrogen and oxygen atoms in total. The molecule has 0 bridgehead atoms. The van der Waals surface area contributed by atoms with E-state index in [1.165, 1.54) is 77.0 Å². The first-order valence-corrected chi connectivity index (χ1v) is 28.8. The highest BCUT2D eigenvalue weighted by atomic mass is 16.6. The normalized spacial score (nSPS) is 25.1. The van der Waals surface area contributed by atoms with E-state index >= 15 is 0 Å². The van der Waals surface area contributed by atoms with Crippen molar-refractivity contribution in [3.8, 4) is 35.2 Å². The molecule has 4 saturated carbocycles. The second-order valence-electron chi connectivity index (χ2n) is 22.0. The molecule has 0 spiro atoms. The van der Waals surface area contributed by atoms with Crippen molar-refractivity contribution in [3.05, 3.63) is 127 Å². The highest BCUT2D eigenvalue weighted by molar-refractivity contribution is 5.90. The molecule has 0 unspecified atom stereocenters. The molecule has 0 N–H and O–H groups in total. The first kappa shape index (κ1) is 57.5. The van der Waals surface area contributed by atoms with Gasteiger partial charge in [-0.25, -0.2) is 14.4 Å². The second-order valence-corrected chi connectivity index (χ2v) is 22.0. The van der Waals surface area contributed by atoms with Crippen molar-refractivity contribution in [2.45, 2.75) is 166 Å². The summed E-state index contributed by atoms with van der Waals surface area (Å²) < 4.78 is 35.2. The number of hydrogen-bond donors (Lipinski definition) is 0.